The number of aryl methyl sites for hydroxylation is 2. The van der Waals surface area contributed by atoms with Crippen LogP contribution in [0, 0.1) is 13.8 Å². The van der Waals surface area contributed by atoms with Crippen LogP contribution < -0.4 is 4.80 Å². The number of nitrogens with zero attached hydrogens (tertiary/aromatic N) is 2. The highest BCUT2D eigenvalue weighted by Crippen LogP contribution is 2.20. The van der Waals surface area contributed by atoms with Crippen molar-refractivity contribution in [1.29, 1.82) is 0 Å². The van der Waals surface area contributed by atoms with Crippen LogP contribution in [0.15, 0.2) is 54.0 Å². The highest BCUT2D eigenvalue weighted by atomic mass is 32.1. The van der Waals surface area contributed by atoms with Gasteiger partial charge in [0.25, 0.3) is 5.91 Å². The highest BCUT2D eigenvalue weighted by molar-refractivity contribution is 7.16. The van der Waals surface area contributed by atoms with Gasteiger partial charge in [-0.05, 0) is 62.2 Å². The molecule has 0 spiro atoms. The first-order chi connectivity index (χ1) is 13.4. The van der Waals surface area contributed by atoms with E-state index in [0.29, 0.717) is 29.1 Å². The van der Waals surface area contributed by atoms with Crippen molar-refractivity contribution in [3.05, 3.63) is 76.1 Å². The summed E-state index contributed by atoms with van der Waals surface area (Å²) in [6.07, 6.45) is 1.75. The number of rotatable bonds is 5. The minimum Gasteiger partial charge on any atom is -0.462 e. The zero-order valence-electron chi connectivity index (χ0n) is 16.2. The van der Waals surface area contributed by atoms with Gasteiger partial charge in [0.05, 0.1) is 22.4 Å². The van der Waals surface area contributed by atoms with Gasteiger partial charge in [0, 0.05) is 12.1 Å². The van der Waals surface area contributed by atoms with Crippen LogP contribution in [0.4, 0.5) is 0 Å². The Balaban J connectivity index is 2.10. The summed E-state index contributed by atoms with van der Waals surface area (Å²) in [5.41, 5.74) is 4.11. The SMILES string of the molecule is C=CCn1c(=NC(=O)c2ccc(C)c(C)c2)sc2cc(C(=O)OCC)ccc21. The van der Waals surface area contributed by atoms with Crippen molar-refractivity contribution in [3.63, 3.8) is 0 Å². The van der Waals surface area contributed by atoms with E-state index in [-0.39, 0.29) is 11.9 Å². The van der Waals surface area contributed by atoms with Crippen LogP contribution >= 0.6 is 11.3 Å². The molecule has 1 aromatic heterocycles. The number of thiazole rings is 1. The topological polar surface area (TPSA) is 60.7 Å². The fourth-order valence-electron chi connectivity index (χ4n) is 2.83. The first-order valence-electron chi connectivity index (χ1n) is 9.02. The molecule has 0 bridgehead atoms. The van der Waals surface area contributed by atoms with E-state index < -0.39 is 0 Å². The van der Waals surface area contributed by atoms with Gasteiger partial charge in [-0.25, -0.2) is 4.79 Å². The first kappa shape index (κ1) is 19.8. The summed E-state index contributed by atoms with van der Waals surface area (Å²) in [7, 11) is 0. The number of ether oxygens (including phenoxy) is 1. The van der Waals surface area contributed by atoms with E-state index in [1.807, 2.05) is 36.6 Å². The van der Waals surface area contributed by atoms with Crippen molar-refractivity contribution >= 4 is 33.4 Å². The molecule has 0 saturated heterocycles. The third kappa shape index (κ3) is 3.97. The first-order valence-corrected chi connectivity index (χ1v) is 9.84. The van der Waals surface area contributed by atoms with Crippen LogP contribution in [0.5, 0.6) is 0 Å². The van der Waals surface area contributed by atoms with Gasteiger partial charge in [-0.2, -0.15) is 4.99 Å². The van der Waals surface area contributed by atoms with E-state index >= 15 is 0 Å². The van der Waals surface area contributed by atoms with Crippen LogP contribution in [0.25, 0.3) is 10.2 Å². The molecule has 0 radical (unpaired) electrons. The Bertz CT molecular complexity index is 1140. The molecule has 28 heavy (non-hydrogen) atoms. The predicted octanol–water partition coefficient (Wildman–Crippen LogP) is 4.42. The van der Waals surface area contributed by atoms with Crippen LogP contribution in [0.2, 0.25) is 0 Å². The second kappa shape index (κ2) is 8.35. The molecular weight excluding hydrogens is 372 g/mol. The molecule has 0 atom stereocenters. The van der Waals surface area contributed by atoms with Crippen molar-refractivity contribution in [2.75, 3.05) is 6.61 Å². The van der Waals surface area contributed by atoms with Gasteiger partial charge < -0.3 is 9.30 Å². The molecule has 0 aliphatic heterocycles. The van der Waals surface area contributed by atoms with Gasteiger partial charge in [-0.1, -0.05) is 23.5 Å². The van der Waals surface area contributed by atoms with Gasteiger partial charge in [0.1, 0.15) is 0 Å². The standard InChI is InChI=1S/C22H22N2O3S/c1-5-11-24-18-10-9-17(21(26)27-6-2)13-19(18)28-22(24)23-20(25)16-8-7-14(3)15(4)12-16/h5,7-10,12-13H,1,6,11H2,2-4H3. The van der Waals surface area contributed by atoms with Crippen LogP contribution in [-0.2, 0) is 11.3 Å². The normalized spacial score (nSPS) is 11.6. The van der Waals surface area contributed by atoms with E-state index in [0.717, 1.165) is 21.3 Å². The average Bonchev–Trinajstić information content (AvgIpc) is 3.01. The smallest absolute Gasteiger partial charge is 0.338 e. The summed E-state index contributed by atoms with van der Waals surface area (Å²) in [4.78, 5) is 29.6. The molecule has 1 heterocycles. The van der Waals surface area contributed by atoms with Crippen molar-refractivity contribution in [3.8, 4) is 0 Å². The third-order valence-corrected chi connectivity index (χ3v) is 5.50. The molecule has 3 rings (SSSR count). The molecule has 1 amide bonds. The Kier molecular flexibility index (Phi) is 5.90. The number of fused-ring (bicyclic) bond motifs is 1. The molecule has 144 valence electrons. The van der Waals surface area contributed by atoms with Gasteiger partial charge in [0.2, 0.25) is 0 Å². The second-order valence-electron chi connectivity index (χ2n) is 6.40. The van der Waals surface area contributed by atoms with Gasteiger partial charge in [-0.15, -0.1) is 6.58 Å². The number of carbonyl (C=O) groups excluding carboxylic acids is 2. The largest absolute Gasteiger partial charge is 0.462 e. The summed E-state index contributed by atoms with van der Waals surface area (Å²) in [6, 6.07) is 10.9. The van der Waals surface area contributed by atoms with Crippen molar-refractivity contribution in [2.45, 2.75) is 27.3 Å². The van der Waals surface area contributed by atoms with Crippen LogP contribution in [-0.4, -0.2) is 23.1 Å². The van der Waals surface area contributed by atoms with Crippen LogP contribution in [0.3, 0.4) is 0 Å². The maximum Gasteiger partial charge on any atom is 0.338 e. The third-order valence-electron chi connectivity index (χ3n) is 4.46. The van der Waals surface area contributed by atoms with Gasteiger partial charge in [-0.3, -0.25) is 4.79 Å². The number of carbonyl (C=O) groups is 2. The predicted molar refractivity (Wildman–Crippen MR) is 112 cm³/mol. The molecule has 5 nitrogen and oxygen atoms in total. The summed E-state index contributed by atoms with van der Waals surface area (Å²) in [5.74, 6) is -0.657. The molecule has 2 aromatic carbocycles. The Morgan fingerprint density at radius 2 is 1.89 bits per heavy atom. The molecule has 0 unspecified atom stereocenters. The number of amides is 1. The molecule has 3 aromatic rings. The fraction of sp³-hybridized carbons (Fsp3) is 0.227. The van der Waals surface area contributed by atoms with Crippen molar-refractivity contribution < 1.29 is 14.3 Å². The number of hydrogen-bond acceptors (Lipinski definition) is 4. The Morgan fingerprint density at radius 3 is 2.57 bits per heavy atom. The number of esters is 1. The Hall–Kier alpha value is -2.99. The Morgan fingerprint density at radius 1 is 1.14 bits per heavy atom. The minimum absolute atomic E-state index is 0.293. The van der Waals surface area contributed by atoms with Gasteiger partial charge >= 0.3 is 5.97 Å². The number of allylic oxidation sites excluding steroid dienone is 1. The number of hydrogen-bond donors (Lipinski definition) is 0. The van der Waals surface area contributed by atoms with Crippen LogP contribution in [0.1, 0.15) is 38.8 Å². The summed E-state index contributed by atoms with van der Waals surface area (Å²) >= 11 is 1.36. The minimum atomic E-state index is -0.363. The lowest BCUT2D eigenvalue weighted by Crippen LogP contribution is -2.16. The Labute approximate surface area is 167 Å². The second-order valence-corrected chi connectivity index (χ2v) is 7.41. The van der Waals surface area contributed by atoms with E-state index in [1.54, 1.807) is 31.2 Å². The quantitative estimate of drug-likeness (QED) is 0.475. The number of aromatic nitrogens is 1. The molecule has 0 saturated carbocycles. The lowest BCUT2D eigenvalue weighted by atomic mass is 10.1. The van der Waals surface area contributed by atoms with Crippen molar-refractivity contribution in [2.24, 2.45) is 4.99 Å². The zero-order chi connectivity index (χ0) is 20.3. The summed E-state index contributed by atoms with van der Waals surface area (Å²) in [6.45, 7) is 10.4. The maximum absolute atomic E-state index is 12.7. The number of benzene rings is 2. The maximum atomic E-state index is 12.7. The van der Waals surface area contributed by atoms with Gasteiger partial charge in [0.15, 0.2) is 4.80 Å². The lowest BCUT2D eigenvalue weighted by Gasteiger charge is -2.04. The monoisotopic (exact) mass is 394 g/mol. The summed E-state index contributed by atoms with van der Waals surface area (Å²) in [5, 5.41) is 0. The molecular formula is C22H22N2O3S. The molecule has 0 aliphatic rings. The van der Waals surface area contributed by atoms with E-state index in [1.165, 1.54) is 11.3 Å². The molecule has 6 heteroatoms. The lowest BCUT2D eigenvalue weighted by molar-refractivity contribution is 0.0526. The molecule has 0 N–H and O–H groups in total. The summed E-state index contributed by atoms with van der Waals surface area (Å²) < 4.78 is 7.85. The highest BCUT2D eigenvalue weighted by Gasteiger charge is 2.13. The zero-order valence-corrected chi connectivity index (χ0v) is 17.0. The van der Waals surface area contributed by atoms with E-state index in [4.69, 9.17) is 4.74 Å². The average molecular weight is 394 g/mol. The van der Waals surface area contributed by atoms with E-state index in [2.05, 4.69) is 11.6 Å². The van der Waals surface area contributed by atoms with E-state index in [9.17, 15) is 9.59 Å². The molecule has 0 aliphatic carbocycles. The molecule has 0 fully saturated rings. The fourth-order valence-corrected chi connectivity index (χ4v) is 3.91. The van der Waals surface area contributed by atoms with Crippen molar-refractivity contribution in [1.82, 2.24) is 4.57 Å².